The van der Waals surface area contributed by atoms with Crippen LogP contribution in [0.5, 0.6) is 0 Å². The second kappa shape index (κ2) is 7.99. The molecule has 1 aromatic carbocycles. The number of nitrogens with one attached hydrogen (secondary N) is 1. The van der Waals surface area contributed by atoms with Crippen molar-refractivity contribution in [2.75, 3.05) is 5.32 Å². The van der Waals surface area contributed by atoms with Gasteiger partial charge in [-0.25, -0.2) is 14.2 Å². The SMILES string of the molecule is CC(Sc1nnnn1C1CC1)C(=O)Nc1cccc(Cn2nc3ccccn3c2=O)c1. The number of aromatic nitrogens is 7. The molecular formula is C20H20N8O2S. The van der Waals surface area contributed by atoms with Gasteiger partial charge in [-0.05, 0) is 60.0 Å². The second-order valence-electron chi connectivity index (χ2n) is 7.46. The average molecular weight is 437 g/mol. The van der Waals surface area contributed by atoms with Crippen molar-refractivity contribution in [3.8, 4) is 0 Å². The van der Waals surface area contributed by atoms with Gasteiger partial charge in [-0.15, -0.1) is 10.2 Å². The molecule has 1 amide bonds. The van der Waals surface area contributed by atoms with E-state index in [9.17, 15) is 9.59 Å². The van der Waals surface area contributed by atoms with Crippen LogP contribution in [0.25, 0.3) is 5.65 Å². The molecule has 1 N–H and O–H groups in total. The molecule has 1 aliphatic carbocycles. The number of thioether (sulfide) groups is 1. The molecule has 11 heteroatoms. The second-order valence-corrected chi connectivity index (χ2v) is 8.76. The molecular weight excluding hydrogens is 416 g/mol. The number of carbonyl (C=O) groups excluding carboxylic acids is 1. The van der Waals surface area contributed by atoms with E-state index in [2.05, 4.69) is 25.9 Å². The molecule has 0 spiro atoms. The van der Waals surface area contributed by atoms with Crippen molar-refractivity contribution in [3.63, 3.8) is 0 Å². The Bertz CT molecular complexity index is 1310. The summed E-state index contributed by atoms with van der Waals surface area (Å²) in [6.07, 6.45) is 3.83. The van der Waals surface area contributed by atoms with Gasteiger partial charge in [0.2, 0.25) is 11.1 Å². The number of hydrogen-bond acceptors (Lipinski definition) is 7. The van der Waals surface area contributed by atoms with Crippen molar-refractivity contribution >= 4 is 29.0 Å². The van der Waals surface area contributed by atoms with Crippen molar-refractivity contribution in [1.82, 2.24) is 34.4 Å². The first-order valence-electron chi connectivity index (χ1n) is 9.97. The fraction of sp³-hybridized carbons (Fsp3) is 0.300. The van der Waals surface area contributed by atoms with Gasteiger partial charge in [0.1, 0.15) is 0 Å². The van der Waals surface area contributed by atoms with Crippen LogP contribution in [0.3, 0.4) is 0 Å². The molecule has 1 saturated carbocycles. The van der Waals surface area contributed by atoms with Crippen LogP contribution in [-0.2, 0) is 11.3 Å². The maximum absolute atomic E-state index is 12.7. The molecule has 1 atom stereocenters. The van der Waals surface area contributed by atoms with E-state index in [1.54, 1.807) is 23.0 Å². The highest BCUT2D eigenvalue weighted by Gasteiger charge is 2.29. The van der Waals surface area contributed by atoms with Crippen molar-refractivity contribution < 1.29 is 4.79 Å². The Labute approximate surface area is 181 Å². The molecule has 0 aliphatic heterocycles. The predicted octanol–water partition coefficient (Wildman–Crippen LogP) is 1.98. The van der Waals surface area contributed by atoms with Crippen molar-refractivity contribution in [1.29, 1.82) is 0 Å². The summed E-state index contributed by atoms with van der Waals surface area (Å²) in [4.78, 5) is 25.2. The van der Waals surface area contributed by atoms with Gasteiger partial charge in [-0.3, -0.25) is 9.20 Å². The Morgan fingerprint density at radius 1 is 1.26 bits per heavy atom. The van der Waals surface area contributed by atoms with Gasteiger partial charge in [-0.2, -0.15) is 0 Å². The lowest BCUT2D eigenvalue weighted by atomic mass is 10.2. The number of hydrogen-bond donors (Lipinski definition) is 1. The number of carbonyl (C=O) groups is 1. The van der Waals surface area contributed by atoms with Crippen LogP contribution in [0.2, 0.25) is 0 Å². The molecule has 0 radical (unpaired) electrons. The van der Waals surface area contributed by atoms with E-state index in [-0.39, 0.29) is 16.8 Å². The highest BCUT2D eigenvalue weighted by molar-refractivity contribution is 8.00. The first-order chi connectivity index (χ1) is 15.1. The molecule has 0 bridgehead atoms. The minimum Gasteiger partial charge on any atom is -0.325 e. The number of tetrazole rings is 1. The molecule has 158 valence electrons. The Kier molecular flexibility index (Phi) is 5.02. The molecule has 1 aliphatic rings. The molecule has 3 heterocycles. The third-order valence-corrected chi connectivity index (χ3v) is 6.07. The minimum atomic E-state index is -0.367. The number of rotatable bonds is 7. The molecule has 1 unspecified atom stereocenters. The van der Waals surface area contributed by atoms with E-state index in [1.807, 2.05) is 37.3 Å². The Hall–Kier alpha value is -3.47. The molecule has 0 saturated heterocycles. The summed E-state index contributed by atoms with van der Waals surface area (Å²) < 4.78 is 4.70. The third-order valence-electron chi connectivity index (χ3n) is 5.02. The largest absolute Gasteiger partial charge is 0.350 e. The summed E-state index contributed by atoms with van der Waals surface area (Å²) in [5.41, 5.74) is 1.91. The highest BCUT2D eigenvalue weighted by Crippen LogP contribution is 2.37. The number of anilines is 1. The van der Waals surface area contributed by atoms with E-state index in [0.717, 1.165) is 18.4 Å². The van der Waals surface area contributed by atoms with Crippen molar-refractivity contribution in [3.05, 3.63) is 64.7 Å². The summed E-state index contributed by atoms with van der Waals surface area (Å²) >= 11 is 1.34. The van der Waals surface area contributed by atoms with Gasteiger partial charge >= 0.3 is 5.69 Å². The zero-order valence-corrected chi connectivity index (χ0v) is 17.6. The lowest BCUT2D eigenvalue weighted by Crippen LogP contribution is -2.23. The summed E-state index contributed by atoms with van der Waals surface area (Å²) in [6, 6.07) is 13.2. The van der Waals surface area contributed by atoms with Crippen molar-refractivity contribution in [2.24, 2.45) is 0 Å². The standard InChI is InChI=1S/C20H20N8O2S/c1-13(31-19-22-24-25-28(19)16-8-9-16)18(29)21-15-6-4-5-14(11-15)12-27-20(30)26-10-3-2-7-17(26)23-27/h2-7,10-11,13,16H,8-9,12H2,1H3,(H,21,29). The van der Waals surface area contributed by atoms with Crippen LogP contribution in [0.1, 0.15) is 31.4 Å². The fourth-order valence-corrected chi connectivity index (χ4v) is 4.12. The molecule has 1 fully saturated rings. The Morgan fingerprint density at radius 2 is 2.13 bits per heavy atom. The van der Waals surface area contributed by atoms with Crippen LogP contribution in [0.15, 0.2) is 58.6 Å². The number of benzene rings is 1. The Morgan fingerprint density at radius 3 is 2.94 bits per heavy atom. The molecule has 31 heavy (non-hydrogen) atoms. The lowest BCUT2D eigenvalue weighted by molar-refractivity contribution is -0.115. The lowest BCUT2D eigenvalue weighted by Gasteiger charge is -2.12. The monoisotopic (exact) mass is 436 g/mol. The predicted molar refractivity (Wildman–Crippen MR) is 115 cm³/mol. The fourth-order valence-electron chi connectivity index (χ4n) is 3.26. The van der Waals surface area contributed by atoms with E-state index in [1.165, 1.54) is 20.8 Å². The number of fused-ring (bicyclic) bond motifs is 1. The Balaban J connectivity index is 1.27. The van der Waals surface area contributed by atoms with Gasteiger partial charge in [0, 0.05) is 11.9 Å². The number of nitrogens with zero attached hydrogens (tertiary/aromatic N) is 7. The van der Waals surface area contributed by atoms with Crippen LogP contribution < -0.4 is 11.0 Å². The van der Waals surface area contributed by atoms with E-state index in [4.69, 9.17) is 0 Å². The summed E-state index contributed by atoms with van der Waals surface area (Å²) in [5.74, 6) is -0.141. The van der Waals surface area contributed by atoms with Gasteiger partial charge < -0.3 is 5.32 Å². The highest BCUT2D eigenvalue weighted by atomic mass is 32.2. The number of pyridine rings is 1. The summed E-state index contributed by atoms with van der Waals surface area (Å²) in [5, 5.41) is 19.4. The average Bonchev–Trinajstić information content (AvgIpc) is 3.43. The smallest absolute Gasteiger partial charge is 0.325 e. The quantitative estimate of drug-likeness (QED) is 0.441. The maximum Gasteiger partial charge on any atom is 0.350 e. The van der Waals surface area contributed by atoms with E-state index < -0.39 is 0 Å². The van der Waals surface area contributed by atoms with Crippen LogP contribution in [0, 0.1) is 0 Å². The van der Waals surface area contributed by atoms with Crippen LogP contribution in [0.4, 0.5) is 5.69 Å². The summed E-state index contributed by atoms with van der Waals surface area (Å²) in [6.45, 7) is 2.14. The van der Waals surface area contributed by atoms with Crippen molar-refractivity contribution in [2.45, 2.75) is 42.8 Å². The van der Waals surface area contributed by atoms with Gasteiger partial charge in [0.25, 0.3) is 0 Å². The van der Waals surface area contributed by atoms with Gasteiger partial charge in [-0.1, -0.05) is 30.0 Å². The molecule has 10 nitrogen and oxygen atoms in total. The van der Waals surface area contributed by atoms with E-state index in [0.29, 0.717) is 29.1 Å². The van der Waals surface area contributed by atoms with Gasteiger partial charge in [0.15, 0.2) is 5.65 Å². The van der Waals surface area contributed by atoms with Gasteiger partial charge in [0.05, 0.1) is 17.8 Å². The van der Waals surface area contributed by atoms with Crippen LogP contribution in [-0.4, -0.2) is 45.5 Å². The van der Waals surface area contributed by atoms with E-state index >= 15 is 0 Å². The van der Waals surface area contributed by atoms with Crippen LogP contribution >= 0.6 is 11.8 Å². The zero-order valence-electron chi connectivity index (χ0n) is 16.8. The third kappa shape index (κ3) is 4.08. The maximum atomic E-state index is 12.7. The minimum absolute atomic E-state index is 0.141. The zero-order chi connectivity index (χ0) is 21.4. The molecule has 3 aromatic heterocycles. The molecule has 5 rings (SSSR count). The first kappa shape index (κ1) is 19.5. The molecule has 4 aromatic rings. The normalized spacial score (nSPS) is 14.6. The summed E-state index contributed by atoms with van der Waals surface area (Å²) in [7, 11) is 0. The topological polar surface area (TPSA) is 112 Å². The number of amides is 1. The first-order valence-corrected chi connectivity index (χ1v) is 10.8.